The molecule has 2 aromatic rings. The second-order valence-corrected chi connectivity index (χ2v) is 8.01. The Labute approximate surface area is 163 Å². The quantitative estimate of drug-likeness (QED) is 0.758. The lowest BCUT2D eigenvalue weighted by atomic mass is 9.74. The number of hydrogen-bond donors (Lipinski definition) is 3. The standard InChI is InChI=1S/C22H26N2O4/c1-11-12(2)19(21(26)23-13(11)3)22(27)24-20(16-9-17(25)10-16)15-4-5-18-14(8-15)6-7-28-18/h4-5,8,16-17,20,25H,6-7,9-10H2,1-3H3,(H,23,26)(H,24,27)/t16?,17?,20-/m1/s1. The second-order valence-electron chi connectivity index (χ2n) is 8.01. The number of carbonyl (C=O) groups excluding carboxylic acids is 1. The van der Waals surface area contributed by atoms with Crippen LogP contribution in [0.3, 0.4) is 0 Å². The van der Waals surface area contributed by atoms with E-state index in [1.807, 2.05) is 26.0 Å². The van der Waals surface area contributed by atoms with Crippen LogP contribution in [0, 0.1) is 26.7 Å². The molecule has 1 aromatic carbocycles. The first kappa shape index (κ1) is 18.7. The number of nitrogens with one attached hydrogen (secondary N) is 2. The zero-order chi connectivity index (χ0) is 20.0. The van der Waals surface area contributed by atoms with Crippen LogP contribution in [-0.2, 0) is 6.42 Å². The highest BCUT2D eigenvalue weighted by molar-refractivity contribution is 5.95. The van der Waals surface area contributed by atoms with Crippen molar-refractivity contribution in [2.75, 3.05) is 6.61 Å². The topological polar surface area (TPSA) is 91.4 Å². The predicted molar refractivity (Wildman–Crippen MR) is 106 cm³/mol. The number of aromatic amines is 1. The normalized spacial score (nSPS) is 21.4. The van der Waals surface area contributed by atoms with Gasteiger partial charge in [-0.2, -0.15) is 0 Å². The molecule has 1 amide bonds. The average Bonchev–Trinajstić information content (AvgIpc) is 3.09. The predicted octanol–water partition coefficient (Wildman–Crippen LogP) is 2.48. The molecule has 1 fully saturated rings. The molecule has 0 spiro atoms. The summed E-state index contributed by atoms with van der Waals surface area (Å²) >= 11 is 0. The molecule has 1 aromatic heterocycles. The summed E-state index contributed by atoms with van der Waals surface area (Å²) in [4.78, 5) is 28.3. The Balaban J connectivity index is 1.66. The highest BCUT2D eigenvalue weighted by Crippen LogP contribution is 2.40. The monoisotopic (exact) mass is 382 g/mol. The average molecular weight is 382 g/mol. The summed E-state index contributed by atoms with van der Waals surface area (Å²) < 4.78 is 5.58. The van der Waals surface area contributed by atoms with Crippen molar-refractivity contribution in [3.05, 3.63) is 62.1 Å². The first-order valence-corrected chi connectivity index (χ1v) is 9.79. The van der Waals surface area contributed by atoms with Gasteiger partial charge in [0, 0.05) is 12.1 Å². The number of aliphatic hydroxyl groups is 1. The van der Waals surface area contributed by atoms with Crippen LogP contribution in [0.1, 0.15) is 57.2 Å². The molecule has 2 heterocycles. The first-order chi connectivity index (χ1) is 13.3. The highest BCUT2D eigenvalue weighted by atomic mass is 16.5. The van der Waals surface area contributed by atoms with Gasteiger partial charge in [0.1, 0.15) is 11.3 Å². The van der Waals surface area contributed by atoms with E-state index in [0.29, 0.717) is 25.0 Å². The Morgan fingerprint density at radius 1 is 1.25 bits per heavy atom. The lowest BCUT2D eigenvalue weighted by molar-refractivity contribution is 0.0235. The number of benzene rings is 1. The minimum atomic E-state index is -0.370. The van der Waals surface area contributed by atoms with Crippen LogP contribution in [0.5, 0.6) is 5.75 Å². The molecule has 1 aliphatic carbocycles. The van der Waals surface area contributed by atoms with Crippen LogP contribution in [0.4, 0.5) is 0 Å². The third-order valence-corrected chi connectivity index (χ3v) is 6.24. The van der Waals surface area contributed by atoms with Gasteiger partial charge in [-0.05, 0) is 73.9 Å². The van der Waals surface area contributed by atoms with Gasteiger partial charge in [0.2, 0.25) is 0 Å². The molecule has 6 heteroatoms. The third kappa shape index (κ3) is 3.22. The zero-order valence-corrected chi connectivity index (χ0v) is 16.5. The van der Waals surface area contributed by atoms with Crippen molar-refractivity contribution in [2.45, 2.75) is 52.2 Å². The number of carbonyl (C=O) groups is 1. The maximum Gasteiger partial charge on any atom is 0.261 e. The summed E-state index contributed by atoms with van der Waals surface area (Å²) in [6.07, 6.45) is 1.81. The van der Waals surface area contributed by atoms with Gasteiger partial charge in [0.25, 0.3) is 11.5 Å². The van der Waals surface area contributed by atoms with Gasteiger partial charge in [0.15, 0.2) is 0 Å². The summed E-state index contributed by atoms with van der Waals surface area (Å²) in [6.45, 7) is 6.21. The Bertz CT molecular complexity index is 989. The van der Waals surface area contributed by atoms with E-state index in [0.717, 1.165) is 34.6 Å². The fourth-order valence-electron chi connectivity index (χ4n) is 4.23. The lowest BCUT2D eigenvalue weighted by Crippen LogP contribution is -2.43. The van der Waals surface area contributed by atoms with Gasteiger partial charge in [-0.1, -0.05) is 6.07 Å². The first-order valence-electron chi connectivity index (χ1n) is 9.79. The van der Waals surface area contributed by atoms with Crippen LogP contribution < -0.4 is 15.6 Å². The van der Waals surface area contributed by atoms with Gasteiger partial charge in [-0.3, -0.25) is 9.59 Å². The number of fused-ring (bicyclic) bond motifs is 1. The number of aromatic nitrogens is 1. The third-order valence-electron chi connectivity index (χ3n) is 6.24. The summed E-state index contributed by atoms with van der Waals surface area (Å²) in [5.74, 6) is 0.666. The van der Waals surface area contributed by atoms with E-state index in [4.69, 9.17) is 4.74 Å². The summed E-state index contributed by atoms with van der Waals surface area (Å²) in [7, 11) is 0. The SMILES string of the molecule is Cc1[nH]c(=O)c(C(=O)N[C@H](c2ccc3c(c2)CCO3)C2CC(O)C2)c(C)c1C. The van der Waals surface area contributed by atoms with Gasteiger partial charge in [0.05, 0.1) is 18.8 Å². The minimum Gasteiger partial charge on any atom is -0.493 e. The van der Waals surface area contributed by atoms with E-state index in [-0.39, 0.29) is 35.1 Å². The van der Waals surface area contributed by atoms with E-state index >= 15 is 0 Å². The molecule has 1 aliphatic heterocycles. The van der Waals surface area contributed by atoms with E-state index in [2.05, 4.69) is 16.4 Å². The fourth-order valence-corrected chi connectivity index (χ4v) is 4.23. The van der Waals surface area contributed by atoms with Crippen LogP contribution in [0.2, 0.25) is 0 Å². The van der Waals surface area contributed by atoms with Gasteiger partial charge in [-0.25, -0.2) is 0 Å². The number of pyridine rings is 1. The molecule has 3 N–H and O–H groups in total. The van der Waals surface area contributed by atoms with Crippen molar-refractivity contribution in [1.82, 2.24) is 10.3 Å². The van der Waals surface area contributed by atoms with Crippen LogP contribution in [0.15, 0.2) is 23.0 Å². The lowest BCUT2D eigenvalue weighted by Gasteiger charge is -2.38. The van der Waals surface area contributed by atoms with Crippen molar-refractivity contribution in [3.63, 3.8) is 0 Å². The van der Waals surface area contributed by atoms with E-state index in [1.165, 1.54) is 0 Å². The van der Waals surface area contributed by atoms with Crippen molar-refractivity contribution < 1.29 is 14.6 Å². The molecule has 1 atom stereocenters. The van der Waals surface area contributed by atoms with Gasteiger partial charge < -0.3 is 20.1 Å². The Kier molecular flexibility index (Phi) is 4.75. The van der Waals surface area contributed by atoms with Gasteiger partial charge in [-0.15, -0.1) is 0 Å². The highest BCUT2D eigenvalue weighted by Gasteiger charge is 2.36. The number of hydrogen-bond acceptors (Lipinski definition) is 4. The number of aryl methyl sites for hydroxylation is 1. The molecule has 1 saturated carbocycles. The number of aliphatic hydroxyl groups excluding tert-OH is 1. The number of H-pyrrole nitrogens is 1. The van der Waals surface area contributed by atoms with E-state index in [1.54, 1.807) is 6.92 Å². The molecule has 2 aliphatic rings. The van der Waals surface area contributed by atoms with E-state index < -0.39 is 0 Å². The maximum absolute atomic E-state index is 13.1. The van der Waals surface area contributed by atoms with Crippen molar-refractivity contribution >= 4 is 5.91 Å². The van der Waals surface area contributed by atoms with E-state index in [9.17, 15) is 14.7 Å². The molecule has 0 radical (unpaired) electrons. The van der Waals surface area contributed by atoms with Crippen molar-refractivity contribution in [1.29, 1.82) is 0 Å². The largest absolute Gasteiger partial charge is 0.493 e. The molecule has 6 nitrogen and oxygen atoms in total. The van der Waals surface area contributed by atoms with Crippen molar-refractivity contribution in [2.24, 2.45) is 5.92 Å². The summed E-state index contributed by atoms with van der Waals surface area (Å²) in [5, 5.41) is 12.9. The molecule has 4 rings (SSSR count). The molecule has 148 valence electrons. The molecule has 0 saturated heterocycles. The molecule has 0 unspecified atom stereocenters. The molecule has 28 heavy (non-hydrogen) atoms. The fraction of sp³-hybridized carbons (Fsp3) is 0.455. The van der Waals surface area contributed by atoms with Gasteiger partial charge >= 0.3 is 0 Å². The number of rotatable bonds is 4. The molecule has 0 bridgehead atoms. The Morgan fingerprint density at radius 2 is 2.00 bits per heavy atom. The number of ether oxygens (including phenoxy) is 1. The second kappa shape index (κ2) is 7.09. The maximum atomic E-state index is 13.1. The summed E-state index contributed by atoms with van der Waals surface area (Å²) in [6, 6.07) is 5.74. The Hall–Kier alpha value is -2.60. The molecular weight excluding hydrogens is 356 g/mol. The zero-order valence-electron chi connectivity index (χ0n) is 16.5. The number of amides is 1. The smallest absolute Gasteiger partial charge is 0.261 e. The van der Waals surface area contributed by atoms with Crippen molar-refractivity contribution in [3.8, 4) is 5.75 Å². The van der Waals surface area contributed by atoms with Crippen LogP contribution in [0.25, 0.3) is 0 Å². The minimum absolute atomic E-state index is 0.144. The van der Waals surface area contributed by atoms with Crippen LogP contribution >= 0.6 is 0 Å². The van der Waals surface area contributed by atoms with Crippen LogP contribution in [-0.4, -0.2) is 28.7 Å². The molecular formula is C22H26N2O4. The summed E-state index contributed by atoms with van der Waals surface area (Å²) in [5.41, 5.74) is 4.31. The Morgan fingerprint density at radius 3 is 2.71 bits per heavy atom.